The van der Waals surface area contributed by atoms with Crippen LogP contribution in [0.4, 0.5) is 10.8 Å². The number of nitrogens with one attached hydrogen (secondary N) is 2. The fourth-order valence-electron chi connectivity index (χ4n) is 3.03. The molecule has 4 aromatic rings. The molecule has 8 nitrogen and oxygen atoms in total. The van der Waals surface area contributed by atoms with Crippen molar-refractivity contribution in [1.29, 1.82) is 0 Å². The van der Waals surface area contributed by atoms with Crippen LogP contribution in [0, 0.1) is 13.8 Å². The lowest BCUT2D eigenvalue weighted by Gasteiger charge is -2.03. The van der Waals surface area contributed by atoms with Crippen LogP contribution >= 0.6 is 11.3 Å². The highest BCUT2D eigenvalue weighted by Gasteiger charge is 2.14. The Morgan fingerprint density at radius 1 is 1.13 bits per heavy atom. The molecule has 3 heterocycles. The van der Waals surface area contributed by atoms with Gasteiger partial charge in [-0.1, -0.05) is 18.3 Å². The molecule has 0 saturated heterocycles. The van der Waals surface area contributed by atoms with E-state index in [-0.39, 0.29) is 17.6 Å². The third-order valence-electron chi connectivity index (χ3n) is 4.51. The molecule has 30 heavy (non-hydrogen) atoms. The summed E-state index contributed by atoms with van der Waals surface area (Å²) in [5.74, 6) is 0.443. The zero-order valence-corrected chi connectivity index (χ0v) is 17.7. The molecular formula is C21H21N5O3S. The highest BCUT2D eigenvalue weighted by atomic mass is 32.1. The highest BCUT2D eigenvalue weighted by molar-refractivity contribution is 7.22. The lowest BCUT2D eigenvalue weighted by Crippen LogP contribution is -2.11. The van der Waals surface area contributed by atoms with Gasteiger partial charge in [-0.15, -0.1) is 0 Å². The van der Waals surface area contributed by atoms with Gasteiger partial charge in [-0.25, -0.2) is 4.98 Å². The van der Waals surface area contributed by atoms with Crippen LogP contribution in [-0.4, -0.2) is 26.6 Å². The Bertz CT molecular complexity index is 1240. The molecule has 0 aliphatic carbocycles. The summed E-state index contributed by atoms with van der Waals surface area (Å²) in [6, 6.07) is 10.8. The second-order valence-electron chi connectivity index (χ2n) is 6.91. The summed E-state index contributed by atoms with van der Waals surface area (Å²) in [7, 11) is 0. The molecule has 0 saturated carbocycles. The van der Waals surface area contributed by atoms with Crippen LogP contribution in [0.1, 0.15) is 41.0 Å². The molecule has 0 unspecified atom stereocenters. The van der Waals surface area contributed by atoms with Crippen molar-refractivity contribution < 1.29 is 14.0 Å². The first kappa shape index (κ1) is 19.8. The number of anilines is 2. The average Bonchev–Trinajstić information content (AvgIpc) is 3.40. The van der Waals surface area contributed by atoms with Gasteiger partial charge in [-0.05, 0) is 50.2 Å². The summed E-state index contributed by atoms with van der Waals surface area (Å²) in [5.41, 5.74) is 3.27. The monoisotopic (exact) mass is 423 g/mol. The molecule has 0 aliphatic heterocycles. The molecule has 0 spiro atoms. The zero-order chi connectivity index (χ0) is 21.3. The number of aromatic nitrogens is 3. The van der Waals surface area contributed by atoms with E-state index >= 15 is 0 Å². The van der Waals surface area contributed by atoms with Gasteiger partial charge in [0.2, 0.25) is 5.91 Å². The van der Waals surface area contributed by atoms with Gasteiger partial charge < -0.3 is 15.1 Å². The summed E-state index contributed by atoms with van der Waals surface area (Å²) < 4.78 is 8.45. The molecule has 3 aromatic heterocycles. The second-order valence-corrected chi connectivity index (χ2v) is 7.94. The minimum absolute atomic E-state index is 0.0864. The summed E-state index contributed by atoms with van der Waals surface area (Å²) in [6.07, 6.45) is 0.391. The summed E-state index contributed by atoms with van der Waals surface area (Å²) in [4.78, 5) is 28.5. The van der Waals surface area contributed by atoms with Crippen molar-refractivity contribution in [3.05, 3.63) is 59.3 Å². The minimum atomic E-state index is -0.344. The van der Waals surface area contributed by atoms with E-state index in [4.69, 9.17) is 4.42 Å². The predicted molar refractivity (Wildman–Crippen MR) is 116 cm³/mol. The van der Waals surface area contributed by atoms with Gasteiger partial charge >= 0.3 is 0 Å². The normalized spacial score (nSPS) is 11.0. The summed E-state index contributed by atoms with van der Waals surface area (Å²) in [6.45, 7) is 6.16. The maximum atomic E-state index is 12.6. The van der Waals surface area contributed by atoms with E-state index in [1.54, 1.807) is 31.2 Å². The number of furan rings is 1. The van der Waals surface area contributed by atoms with Crippen molar-refractivity contribution in [3.8, 4) is 0 Å². The smallest absolute Gasteiger partial charge is 0.291 e. The van der Waals surface area contributed by atoms with Crippen LogP contribution in [0.5, 0.6) is 0 Å². The van der Waals surface area contributed by atoms with E-state index in [0.717, 1.165) is 16.1 Å². The van der Waals surface area contributed by atoms with Gasteiger partial charge in [-0.3, -0.25) is 14.3 Å². The Kier molecular flexibility index (Phi) is 5.37. The largest absolute Gasteiger partial charge is 0.454 e. The molecular weight excluding hydrogens is 402 g/mol. The van der Waals surface area contributed by atoms with Crippen molar-refractivity contribution >= 4 is 44.2 Å². The van der Waals surface area contributed by atoms with Crippen LogP contribution in [0.25, 0.3) is 10.2 Å². The molecule has 4 rings (SSSR count). The van der Waals surface area contributed by atoms with Crippen molar-refractivity contribution in [2.24, 2.45) is 0 Å². The third-order valence-corrected chi connectivity index (χ3v) is 5.46. The number of amides is 2. The topological polar surface area (TPSA) is 102 Å². The number of nitrogens with zero attached hydrogens (tertiary/aromatic N) is 3. The van der Waals surface area contributed by atoms with Crippen LogP contribution in [0.15, 0.2) is 40.8 Å². The molecule has 0 fully saturated rings. The van der Waals surface area contributed by atoms with E-state index in [0.29, 0.717) is 35.1 Å². The standard InChI is InChI=1S/C21H21N5O3S/c1-4-19(27)24-21-23-16-10-14(5-8-18(16)30-21)22-20(28)17-7-6-15(29-17)11-26-13(3)9-12(2)25-26/h5-10H,4,11H2,1-3H3,(H,22,28)(H,23,24,27). The Morgan fingerprint density at radius 2 is 1.97 bits per heavy atom. The summed E-state index contributed by atoms with van der Waals surface area (Å²) in [5, 5.41) is 10.5. The average molecular weight is 423 g/mol. The van der Waals surface area contributed by atoms with Crippen molar-refractivity contribution in [2.45, 2.75) is 33.7 Å². The number of carbonyl (C=O) groups is 2. The van der Waals surface area contributed by atoms with Crippen LogP contribution < -0.4 is 10.6 Å². The lowest BCUT2D eigenvalue weighted by molar-refractivity contribution is -0.115. The maximum Gasteiger partial charge on any atom is 0.291 e. The van der Waals surface area contributed by atoms with Gasteiger partial charge in [0.25, 0.3) is 5.91 Å². The maximum absolute atomic E-state index is 12.6. The SMILES string of the molecule is CCC(=O)Nc1nc2cc(NC(=O)c3ccc(Cn4nc(C)cc4C)o3)ccc2s1. The van der Waals surface area contributed by atoms with Crippen molar-refractivity contribution in [3.63, 3.8) is 0 Å². The highest BCUT2D eigenvalue weighted by Crippen LogP contribution is 2.28. The lowest BCUT2D eigenvalue weighted by atomic mass is 10.3. The number of aryl methyl sites for hydroxylation is 2. The molecule has 9 heteroatoms. The Balaban J connectivity index is 1.45. The van der Waals surface area contributed by atoms with E-state index in [9.17, 15) is 9.59 Å². The Morgan fingerprint density at radius 3 is 2.70 bits per heavy atom. The molecule has 0 atom stereocenters. The predicted octanol–water partition coefficient (Wildman–Crippen LogP) is 4.35. The Hall–Kier alpha value is -3.46. The number of benzene rings is 1. The van der Waals surface area contributed by atoms with E-state index in [1.807, 2.05) is 30.7 Å². The fraction of sp³-hybridized carbons (Fsp3) is 0.238. The van der Waals surface area contributed by atoms with Gasteiger partial charge in [0.1, 0.15) is 5.76 Å². The van der Waals surface area contributed by atoms with E-state index in [2.05, 4.69) is 20.7 Å². The third kappa shape index (κ3) is 4.25. The quantitative estimate of drug-likeness (QED) is 0.480. The molecule has 154 valence electrons. The molecule has 2 amide bonds. The van der Waals surface area contributed by atoms with Gasteiger partial charge in [0.15, 0.2) is 10.9 Å². The number of hydrogen-bond acceptors (Lipinski definition) is 6. The van der Waals surface area contributed by atoms with Crippen LogP contribution in [-0.2, 0) is 11.3 Å². The van der Waals surface area contributed by atoms with E-state index < -0.39 is 0 Å². The number of hydrogen-bond donors (Lipinski definition) is 2. The zero-order valence-electron chi connectivity index (χ0n) is 16.9. The number of fused-ring (bicyclic) bond motifs is 1. The van der Waals surface area contributed by atoms with Gasteiger partial charge in [0.05, 0.1) is 22.5 Å². The minimum Gasteiger partial charge on any atom is -0.454 e. The fourth-order valence-corrected chi connectivity index (χ4v) is 3.89. The molecule has 0 bridgehead atoms. The Labute approximate surface area is 176 Å². The first-order valence-electron chi connectivity index (χ1n) is 9.53. The van der Waals surface area contributed by atoms with Crippen LogP contribution in [0.2, 0.25) is 0 Å². The number of thiazole rings is 1. The second kappa shape index (κ2) is 8.11. The van der Waals surface area contributed by atoms with Crippen LogP contribution in [0.3, 0.4) is 0 Å². The van der Waals surface area contributed by atoms with Crippen molar-refractivity contribution in [1.82, 2.24) is 14.8 Å². The molecule has 0 aliphatic rings. The first-order chi connectivity index (χ1) is 14.4. The number of rotatable bonds is 6. The summed E-state index contributed by atoms with van der Waals surface area (Å²) >= 11 is 1.39. The molecule has 0 radical (unpaired) electrons. The van der Waals surface area contributed by atoms with Crippen molar-refractivity contribution in [2.75, 3.05) is 10.6 Å². The first-order valence-corrected chi connectivity index (χ1v) is 10.3. The van der Waals surface area contributed by atoms with Gasteiger partial charge in [-0.2, -0.15) is 5.10 Å². The molecule has 2 N–H and O–H groups in total. The number of carbonyl (C=O) groups excluding carboxylic acids is 2. The molecule has 1 aromatic carbocycles. The van der Waals surface area contributed by atoms with E-state index in [1.165, 1.54) is 11.3 Å². The van der Waals surface area contributed by atoms with Gasteiger partial charge in [0, 0.05) is 17.8 Å².